The summed E-state index contributed by atoms with van der Waals surface area (Å²) in [5.41, 5.74) is 3.33. The largest absolute Gasteiger partial charge is 0.437 e. The monoisotopic (exact) mass is 632 g/mol. The molecule has 2 unspecified atom stereocenters. The Morgan fingerprint density at radius 3 is 2.67 bits per heavy atom. The molecule has 13 nitrogen and oxygen atoms in total. The first-order valence-corrected chi connectivity index (χ1v) is 16.7. The lowest BCUT2D eigenvalue weighted by molar-refractivity contribution is -0.111. The lowest BCUT2D eigenvalue weighted by atomic mass is 10.2. The van der Waals surface area contributed by atoms with Gasteiger partial charge in [-0.2, -0.15) is 9.97 Å². The third-order valence-electron chi connectivity index (χ3n) is 8.03. The second kappa shape index (κ2) is 12.8. The van der Waals surface area contributed by atoms with E-state index in [0.717, 1.165) is 37.1 Å². The van der Waals surface area contributed by atoms with Crippen LogP contribution in [0.15, 0.2) is 67.5 Å². The molecule has 2 aromatic heterocycles. The Labute approximate surface area is 261 Å². The zero-order valence-electron chi connectivity index (χ0n) is 25.2. The Morgan fingerprint density at radius 2 is 1.96 bits per heavy atom. The first kappa shape index (κ1) is 30.5. The van der Waals surface area contributed by atoms with Crippen molar-refractivity contribution in [1.29, 1.82) is 0 Å². The first-order chi connectivity index (χ1) is 21.7. The summed E-state index contributed by atoms with van der Waals surface area (Å²) in [5.74, 6) is 0.690. The van der Waals surface area contributed by atoms with Crippen LogP contribution in [0.3, 0.4) is 0 Å². The smallest absolute Gasteiger partial charge is 0.252 e. The highest BCUT2D eigenvalue weighted by molar-refractivity contribution is 7.88. The highest BCUT2D eigenvalue weighted by Gasteiger charge is 2.31. The fourth-order valence-corrected chi connectivity index (χ4v) is 6.44. The zero-order valence-corrected chi connectivity index (χ0v) is 26.0. The van der Waals surface area contributed by atoms with E-state index in [-0.39, 0.29) is 24.1 Å². The minimum absolute atomic E-state index is 0.0925. The summed E-state index contributed by atoms with van der Waals surface area (Å²) in [5, 5.41) is 6.03. The zero-order chi connectivity index (χ0) is 31.6. The van der Waals surface area contributed by atoms with Gasteiger partial charge >= 0.3 is 0 Å². The van der Waals surface area contributed by atoms with E-state index >= 15 is 0 Å². The molecule has 4 heterocycles. The Bertz CT molecular complexity index is 1800. The lowest BCUT2D eigenvalue weighted by Gasteiger charge is -2.27. The number of rotatable bonds is 10. The van der Waals surface area contributed by atoms with E-state index in [1.807, 2.05) is 35.9 Å². The van der Waals surface area contributed by atoms with Gasteiger partial charge in [0, 0.05) is 55.9 Å². The summed E-state index contributed by atoms with van der Waals surface area (Å²) in [7, 11) is -1.23. The predicted molar refractivity (Wildman–Crippen MR) is 172 cm³/mol. The van der Waals surface area contributed by atoms with Gasteiger partial charge in [-0.15, -0.1) is 0 Å². The maximum absolute atomic E-state index is 12.0. The number of likely N-dealkylation sites (N-methyl/N-ethyl adjacent to an activating group) is 1. The van der Waals surface area contributed by atoms with E-state index in [1.54, 1.807) is 30.6 Å². The molecule has 2 saturated heterocycles. The number of carbonyl (C=O) groups excluding carboxylic acids is 1. The number of hydrogen-bond acceptors (Lipinski definition) is 10. The number of nitrogens with one attached hydrogen (secondary N) is 2. The van der Waals surface area contributed by atoms with Crippen LogP contribution in [0.25, 0.3) is 11.2 Å². The van der Waals surface area contributed by atoms with Crippen molar-refractivity contribution in [2.24, 2.45) is 0 Å². The molecule has 45 heavy (non-hydrogen) atoms. The average molecular weight is 633 g/mol. The SMILES string of the molecule is C=CC(=O)Nc1cccc(Oc2nc(Nc3ccc(N(C)C4CCN(S(C)(=O)=O)C4)cc3)nc3c2ncn3C2CCCCO2)c1. The van der Waals surface area contributed by atoms with Crippen molar-refractivity contribution < 1.29 is 22.7 Å². The Hall–Kier alpha value is -4.53. The standard InChI is InChI=1S/C31H36N8O5S/c1-4-26(40)33-22-8-7-9-25(18-22)44-30-28-29(39(20-32-28)27-10-5-6-17-43-27)35-31(36-30)34-21-11-13-23(14-12-21)37(2)24-15-16-38(19-24)45(3,41)42/h4,7-9,11-14,18,20,24,27H,1,5-6,10,15-17,19H2,2-3H3,(H,33,40)(H,34,35,36). The van der Waals surface area contributed by atoms with Crippen LogP contribution in [0.4, 0.5) is 23.0 Å². The Kier molecular flexibility index (Phi) is 8.70. The molecule has 2 fully saturated rings. The molecule has 4 aromatic rings. The number of sulfonamides is 1. The van der Waals surface area contributed by atoms with Gasteiger partial charge in [0.25, 0.3) is 5.88 Å². The molecular formula is C31H36N8O5S. The molecule has 236 valence electrons. The third-order valence-corrected chi connectivity index (χ3v) is 9.30. The van der Waals surface area contributed by atoms with Crippen molar-refractivity contribution in [2.75, 3.05) is 48.5 Å². The van der Waals surface area contributed by atoms with Crippen molar-refractivity contribution >= 4 is 50.1 Å². The first-order valence-electron chi connectivity index (χ1n) is 14.8. The van der Waals surface area contributed by atoms with Crippen molar-refractivity contribution in [3.63, 3.8) is 0 Å². The maximum Gasteiger partial charge on any atom is 0.252 e. The van der Waals surface area contributed by atoms with Crippen molar-refractivity contribution in [3.05, 3.63) is 67.5 Å². The highest BCUT2D eigenvalue weighted by Crippen LogP contribution is 2.33. The quantitative estimate of drug-likeness (QED) is 0.237. The van der Waals surface area contributed by atoms with Gasteiger partial charge in [0.05, 0.1) is 12.6 Å². The van der Waals surface area contributed by atoms with Gasteiger partial charge in [0.1, 0.15) is 12.0 Å². The number of aromatic nitrogens is 4. The number of carbonyl (C=O) groups is 1. The minimum Gasteiger partial charge on any atom is -0.437 e. The normalized spacial score (nSPS) is 18.9. The van der Waals surface area contributed by atoms with Gasteiger partial charge < -0.3 is 25.0 Å². The maximum atomic E-state index is 12.0. The summed E-state index contributed by atoms with van der Waals surface area (Å²) in [6.07, 6.45) is 7.62. The number of amides is 1. The van der Waals surface area contributed by atoms with E-state index in [1.165, 1.54) is 16.6 Å². The van der Waals surface area contributed by atoms with Crippen LogP contribution in [-0.2, 0) is 19.6 Å². The summed E-state index contributed by atoms with van der Waals surface area (Å²) in [6.45, 7) is 5.15. The molecule has 2 aliphatic heterocycles. The number of nitrogens with zero attached hydrogens (tertiary/aromatic N) is 6. The van der Waals surface area contributed by atoms with Crippen LogP contribution in [0, 0.1) is 0 Å². The second-order valence-corrected chi connectivity index (χ2v) is 13.1. The van der Waals surface area contributed by atoms with E-state index in [0.29, 0.717) is 48.2 Å². The number of benzene rings is 2. The predicted octanol–water partition coefficient (Wildman–Crippen LogP) is 4.66. The number of ether oxygens (including phenoxy) is 2. The number of fused-ring (bicyclic) bond motifs is 1. The molecule has 2 atom stereocenters. The van der Waals surface area contributed by atoms with Crippen LogP contribution in [0.5, 0.6) is 11.6 Å². The van der Waals surface area contributed by atoms with E-state index in [9.17, 15) is 13.2 Å². The van der Waals surface area contributed by atoms with Gasteiger partial charge in [-0.3, -0.25) is 9.36 Å². The molecule has 0 radical (unpaired) electrons. The van der Waals surface area contributed by atoms with Gasteiger partial charge in [-0.05, 0) is 68.2 Å². The molecule has 0 aliphatic carbocycles. The van der Waals surface area contributed by atoms with Crippen molar-refractivity contribution in [1.82, 2.24) is 23.8 Å². The summed E-state index contributed by atoms with van der Waals surface area (Å²) in [4.78, 5) is 28.0. The van der Waals surface area contributed by atoms with Crippen LogP contribution in [-0.4, -0.2) is 77.2 Å². The lowest BCUT2D eigenvalue weighted by Crippen LogP contribution is -2.36. The molecule has 14 heteroatoms. The molecule has 2 N–H and O–H groups in total. The molecule has 0 spiro atoms. The Morgan fingerprint density at radius 1 is 1.13 bits per heavy atom. The van der Waals surface area contributed by atoms with Gasteiger partial charge in [-0.1, -0.05) is 12.6 Å². The Balaban J connectivity index is 1.27. The van der Waals surface area contributed by atoms with Gasteiger partial charge in [-0.25, -0.2) is 17.7 Å². The highest BCUT2D eigenvalue weighted by atomic mass is 32.2. The second-order valence-electron chi connectivity index (χ2n) is 11.2. The molecule has 2 aromatic carbocycles. The van der Waals surface area contributed by atoms with E-state index in [4.69, 9.17) is 14.5 Å². The van der Waals surface area contributed by atoms with Gasteiger partial charge in [0.15, 0.2) is 11.2 Å². The number of hydrogen-bond donors (Lipinski definition) is 2. The fraction of sp³-hybridized carbons (Fsp3) is 0.355. The summed E-state index contributed by atoms with van der Waals surface area (Å²) in [6, 6.07) is 14.9. The topological polar surface area (TPSA) is 144 Å². The van der Waals surface area contributed by atoms with Crippen LogP contribution >= 0.6 is 0 Å². The fourth-order valence-electron chi connectivity index (χ4n) is 5.56. The molecule has 2 aliphatic rings. The number of imidazole rings is 1. The third kappa shape index (κ3) is 6.92. The van der Waals surface area contributed by atoms with Gasteiger partial charge in [0.2, 0.25) is 21.9 Å². The molecule has 0 bridgehead atoms. The summed E-state index contributed by atoms with van der Waals surface area (Å²) < 4.78 is 39.6. The summed E-state index contributed by atoms with van der Waals surface area (Å²) >= 11 is 0. The molecule has 0 saturated carbocycles. The van der Waals surface area contributed by atoms with Crippen LogP contribution in [0.1, 0.15) is 31.9 Å². The van der Waals surface area contributed by atoms with E-state index < -0.39 is 10.0 Å². The number of anilines is 4. The van der Waals surface area contributed by atoms with Crippen LogP contribution < -0.4 is 20.3 Å². The minimum atomic E-state index is -3.21. The molecule has 6 rings (SSSR count). The molecular weight excluding hydrogens is 596 g/mol. The van der Waals surface area contributed by atoms with E-state index in [2.05, 4.69) is 32.1 Å². The van der Waals surface area contributed by atoms with Crippen molar-refractivity contribution in [3.8, 4) is 11.6 Å². The average Bonchev–Trinajstić information content (AvgIpc) is 3.70. The van der Waals surface area contributed by atoms with Crippen LogP contribution in [0.2, 0.25) is 0 Å². The molecule has 1 amide bonds. The van der Waals surface area contributed by atoms with Crippen molar-refractivity contribution in [2.45, 2.75) is 38.0 Å².